The molecule has 1 fully saturated rings. The predicted octanol–water partition coefficient (Wildman–Crippen LogP) is 2.71. The van der Waals surface area contributed by atoms with Gasteiger partial charge in [-0.1, -0.05) is 0 Å². The summed E-state index contributed by atoms with van der Waals surface area (Å²) in [5.41, 5.74) is 4.09. The first-order valence-electron chi connectivity index (χ1n) is 8.71. The lowest BCUT2D eigenvalue weighted by molar-refractivity contribution is 0.0947. The largest absolute Gasteiger partial charge is 0.352 e. The second-order valence-corrected chi connectivity index (χ2v) is 7.05. The zero-order valence-corrected chi connectivity index (χ0v) is 15.0. The summed E-state index contributed by atoms with van der Waals surface area (Å²) >= 11 is 0. The van der Waals surface area contributed by atoms with Crippen LogP contribution in [0.5, 0.6) is 0 Å². The number of nitrogens with zero attached hydrogens (tertiary/aromatic N) is 3. The number of rotatable bonds is 4. The Morgan fingerprint density at radius 2 is 1.96 bits per heavy atom. The molecule has 5 nitrogen and oxygen atoms in total. The molecular weight excluding hydrogens is 300 g/mol. The van der Waals surface area contributed by atoms with Gasteiger partial charge in [-0.3, -0.25) is 4.79 Å². The Morgan fingerprint density at radius 3 is 2.62 bits per heavy atom. The SMILES string of the molecule is Cc1nc2ccc(C(=O)NC[C@H]3CCN(C(C)C)C3)cc2nc1C. The molecule has 5 heteroatoms. The Morgan fingerprint density at radius 1 is 1.25 bits per heavy atom. The molecule has 1 aromatic heterocycles. The molecule has 1 saturated heterocycles. The maximum Gasteiger partial charge on any atom is 0.251 e. The van der Waals surface area contributed by atoms with Crippen LogP contribution < -0.4 is 5.32 Å². The van der Waals surface area contributed by atoms with Gasteiger partial charge in [-0.25, -0.2) is 9.97 Å². The van der Waals surface area contributed by atoms with Gasteiger partial charge < -0.3 is 10.2 Å². The van der Waals surface area contributed by atoms with Crippen LogP contribution in [0.15, 0.2) is 18.2 Å². The minimum atomic E-state index is -0.0278. The standard InChI is InChI=1S/C19H26N4O/c1-12(2)23-8-7-15(11-23)10-20-19(24)16-5-6-17-18(9-16)22-14(4)13(3)21-17/h5-6,9,12,15H,7-8,10-11H2,1-4H3,(H,20,24)/t15-/m1/s1. The number of carbonyl (C=O) groups is 1. The van der Waals surface area contributed by atoms with E-state index in [0.29, 0.717) is 17.5 Å². The van der Waals surface area contributed by atoms with Crippen molar-refractivity contribution in [3.8, 4) is 0 Å². The quantitative estimate of drug-likeness (QED) is 0.938. The number of nitrogens with one attached hydrogen (secondary N) is 1. The van der Waals surface area contributed by atoms with Crippen molar-refractivity contribution in [3.63, 3.8) is 0 Å². The van der Waals surface area contributed by atoms with Crippen LogP contribution in [0.1, 0.15) is 42.0 Å². The Labute approximate surface area is 143 Å². The van der Waals surface area contributed by atoms with Crippen molar-refractivity contribution in [2.75, 3.05) is 19.6 Å². The van der Waals surface area contributed by atoms with Crippen molar-refractivity contribution >= 4 is 16.9 Å². The third kappa shape index (κ3) is 3.56. The van der Waals surface area contributed by atoms with E-state index in [4.69, 9.17) is 0 Å². The normalized spacial score (nSPS) is 18.5. The monoisotopic (exact) mass is 326 g/mol. The second kappa shape index (κ2) is 6.85. The van der Waals surface area contributed by atoms with E-state index in [9.17, 15) is 4.79 Å². The highest BCUT2D eigenvalue weighted by molar-refractivity contribution is 5.97. The van der Waals surface area contributed by atoms with E-state index in [0.717, 1.165) is 48.5 Å². The van der Waals surface area contributed by atoms with Crippen molar-refractivity contribution in [2.45, 2.75) is 40.2 Å². The molecule has 1 amide bonds. The van der Waals surface area contributed by atoms with Crippen LogP contribution in [0.4, 0.5) is 0 Å². The molecular formula is C19H26N4O. The van der Waals surface area contributed by atoms with E-state index in [1.54, 1.807) is 0 Å². The molecule has 24 heavy (non-hydrogen) atoms. The third-order valence-electron chi connectivity index (χ3n) is 4.94. The van der Waals surface area contributed by atoms with Gasteiger partial charge in [0.25, 0.3) is 5.91 Å². The summed E-state index contributed by atoms with van der Waals surface area (Å²) in [5, 5.41) is 3.08. The van der Waals surface area contributed by atoms with Gasteiger partial charge in [-0.05, 0) is 64.8 Å². The van der Waals surface area contributed by atoms with E-state index < -0.39 is 0 Å². The number of carbonyl (C=O) groups excluding carboxylic acids is 1. The van der Waals surface area contributed by atoms with Crippen LogP contribution in [0, 0.1) is 19.8 Å². The molecule has 0 aliphatic carbocycles. The first-order valence-corrected chi connectivity index (χ1v) is 8.71. The molecule has 2 heterocycles. The van der Waals surface area contributed by atoms with Crippen LogP contribution in [-0.4, -0.2) is 46.5 Å². The number of fused-ring (bicyclic) bond motifs is 1. The summed E-state index contributed by atoms with van der Waals surface area (Å²) in [5.74, 6) is 0.515. The van der Waals surface area contributed by atoms with E-state index in [-0.39, 0.29) is 5.91 Å². The highest BCUT2D eigenvalue weighted by Crippen LogP contribution is 2.18. The van der Waals surface area contributed by atoms with Gasteiger partial charge >= 0.3 is 0 Å². The molecule has 2 aromatic rings. The molecule has 1 aliphatic heterocycles. The van der Waals surface area contributed by atoms with Crippen molar-refractivity contribution in [2.24, 2.45) is 5.92 Å². The number of benzene rings is 1. The number of amides is 1. The third-order valence-corrected chi connectivity index (χ3v) is 4.94. The smallest absolute Gasteiger partial charge is 0.251 e. The Hall–Kier alpha value is -2.01. The Bertz CT molecular complexity index is 756. The molecule has 1 aromatic carbocycles. The molecule has 0 unspecified atom stereocenters. The van der Waals surface area contributed by atoms with Gasteiger partial charge in [0.15, 0.2) is 0 Å². The summed E-state index contributed by atoms with van der Waals surface area (Å²) in [6.45, 7) is 11.3. The highest BCUT2D eigenvalue weighted by Gasteiger charge is 2.24. The van der Waals surface area contributed by atoms with Crippen LogP contribution in [-0.2, 0) is 0 Å². The molecule has 0 spiro atoms. The fourth-order valence-electron chi connectivity index (χ4n) is 3.21. The fourth-order valence-corrected chi connectivity index (χ4v) is 3.21. The number of hydrogen-bond donors (Lipinski definition) is 1. The molecule has 128 valence electrons. The summed E-state index contributed by atoms with van der Waals surface area (Å²) in [7, 11) is 0. The van der Waals surface area contributed by atoms with E-state index in [1.807, 2.05) is 32.0 Å². The summed E-state index contributed by atoms with van der Waals surface area (Å²) in [6.07, 6.45) is 1.15. The van der Waals surface area contributed by atoms with Crippen LogP contribution >= 0.6 is 0 Å². The molecule has 3 rings (SSSR count). The van der Waals surface area contributed by atoms with Gasteiger partial charge in [0.2, 0.25) is 0 Å². The molecule has 1 aliphatic rings. The number of likely N-dealkylation sites (tertiary alicyclic amines) is 1. The average Bonchev–Trinajstić information content (AvgIpc) is 3.02. The van der Waals surface area contributed by atoms with E-state index in [1.165, 1.54) is 0 Å². The number of hydrogen-bond acceptors (Lipinski definition) is 4. The lowest BCUT2D eigenvalue weighted by Crippen LogP contribution is -2.33. The van der Waals surface area contributed by atoms with Gasteiger partial charge in [-0.2, -0.15) is 0 Å². The van der Waals surface area contributed by atoms with Crippen molar-refractivity contribution in [3.05, 3.63) is 35.2 Å². The number of aromatic nitrogens is 2. The first kappa shape index (κ1) is 16.8. The zero-order chi connectivity index (χ0) is 17.3. The lowest BCUT2D eigenvalue weighted by atomic mass is 10.1. The molecule has 0 bridgehead atoms. The van der Waals surface area contributed by atoms with Gasteiger partial charge in [0.1, 0.15) is 0 Å². The lowest BCUT2D eigenvalue weighted by Gasteiger charge is -2.20. The fraction of sp³-hybridized carbons (Fsp3) is 0.526. The molecule has 1 atom stereocenters. The molecule has 0 radical (unpaired) electrons. The predicted molar refractivity (Wildman–Crippen MR) is 96.2 cm³/mol. The summed E-state index contributed by atoms with van der Waals surface area (Å²) in [4.78, 5) is 24.0. The maximum absolute atomic E-state index is 12.4. The molecule has 0 saturated carbocycles. The topological polar surface area (TPSA) is 58.1 Å². The summed E-state index contributed by atoms with van der Waals surface area (Å²) < 4.78 is 0. The minimum Gasteiger partial charge on any atom is -0.352 e. The maximum atomic E-state index is 12.4. The summed E-state index contributed by atoms with van der Waals surface area (Å²) in [6, 6.07) is 6.12. The van der Waals surface area contributed by atoms with Crippen LogP contribution in [0.25, 0.3) is 11.0 Å². The van der Waals surface area contributed by atoms with Gasteiger partial charge in [0, 0.05) is 24.7 Å². The van der Waals surface area contributed by atoms with Crippen molar-refractivity contribution in [1.29, 1.82) is 0 Å². The van der Waals surface area contributed by atoms with Crippen molar-refractivity contribution < 1.29 is 4.79 Å². The first-order chi connectivity index (χ1) is 11.4. The van der Waals surface area contributed by atoms with Crippen LogP contribution in [0.2, 0.25) is 0 Å². The van der Waals surface area contributed by atoms with Crippen LogP contribution in [0.3, 0.4) is 0 Å². The van der Waals surface area contributed by atoms with Gasteiger partial charge in [-0.15, -0.1) is 0 Å². The van der Waals surface area contributed by atoms with Crippen molar-refractivity contribution in [1.82, 2.24) is 20.2 Å². The Kier molecular flexibility index (Phi) is 4.81. The Balaban J connectivity index is 1.65. The second-order valence-electron chi connectivity index (χ2n) is 7.05. The average molecular weight is 326 g/mol. The minimum absolute atomic E-state index is 0.0278. The van der Waals surface area contributed by atoms with E-state index in [2.05, 4.69) is 34.0 Å². The van der Waals surface area contributed by atoms with Gasteiger partial charge in [0.05, 0.1) is 22.4 Å². The number of aryl methyl sites for hydroxylation is 2. The zero-order valence-electron chi connectivity index (χ0n) is 15.0. The van der Waals surface area contributed by atoms with E-state index >= 15 is 0 Å². The highest BCUT2D eigenvalue weighted by atomic mass is 16.1. The molecule has 1 N–H and O–H groups in total.